The predicted octanol–water partition coefficient (Wildman–Crippen LogP) is 3.53. The summed E-state index contributed by atoms with van der Waals surface area (Å²) in [5.41, 5.74) is 1.20. The molecule has 0 aliphatic rings. The number of nitriles is 1. The molecule has 0 radical (unpaired) electrons. The molecule has 0 aliphatic carbocycles. The highest BCUT2D eigenvalue weighted by molar-refractivity contribution is 5.10. The van der Waals surface area contributed by atoms with Crippen molar-refractivity contribution < 1.29 is 0 Å². The van der Waals surface area contributed by atoms with Crippen molar-refractivity contribution in [1.82, 2.24) is 0 Å². The Balaban J connectivity index is 3.70. The Morgan fingerprint density at radius 2 is 2.00 bits per heavy atom. The molecule has 1 nitrogen and oxygen atoms in total. The topological polar surface area (TPSA) is 23.8 Å². The predicted molar refractivity (Wildman–Crippen MR) is 52.6 cm³/mol. The van der Waals surface area contributed by atoms with Crippen molar-refractivity contribution in [3.05, 3.63) is 11.6 Å². The molecule has 0 aromatic carbocycles. The van der Waals surface area contributed by atoms with E-state index in [2.05, 4.69) is 26.8 Å². The number of rotatable bonds is 4. The fourth-order valence-corrected chi connectivity index (χ4v) is 0.971. The number of hydrogen-bond donors (Lipinski definition) is 0. The zero-order chi connectivity index (χ0) is 9.56. The summed E-state index contributed by atoms with van der Waals surface area (Å²) in [4.78, 5) is 0. The van der Waals surface area contributed by atoms with Gasteiger partial charge in [-0.3, -0.25) is 0 Å². The molecular weight excluding hydrogens is 146 g/mol. The van der Waals surface area contributed by atoms with E-state index in [4.69, 9.17) is 5.26 Å². The highest BCUT2D eigenvalue weighted by Gasteiger charge is 2.06. The molecule has 0 saturated carbocycles. The summed E-state index contributed by atoms with van der Waals surface area (Å²) in [6.45, 7) is 8.78. The molecule has 1 atom stereocenters. The Morgan fingerprint density at radius 1 is 1.42 bits per heavy atom. The fourth-order valence-electron chi connectivity index (χ4n) is 0.971. The number of nitrogens with zero attached hydrogens (tertiary/aromatic N) is 1. The van der Waals surface area contributed by atoms with Crippen LogP contribution in [0.15, 0.2) is 11.6 Å². The molecule has 0 N–H and O–H groups in total. The van der Waals surface area contributed by atoms with Gasteiger partial charge in [0.1, 0.15) is 0 Å². The first-order chi connectivity index (χ1) is 5.57. The largest absolute Gasteiger partial charge is 0.193 e. The standard InChI is InChI=1S/C11H19N/c1-9(2)11(4)6-5-10(3)7-8-12/h7,9,11H,5-6H2,1-4H3. The molecule has 0 spiro atoms. The van der Waals surface area contributed by atoms with E-state index in [1.165, 1.54) is 12.0 Å². The van der Waals surface area contributed by atoms with Crippen LogP contribution in [-0.4, -0.2) is 0 Å². The summed E-state index contributed by atoms with van der Waals surface area (Å²) in [7, 11) is 0. The van der Waals surface area contributed by atoms with Crippen LogP contribution < -0.4 is 0 Å². The van der Waals surface area contributed by atoms with E-state index in [9.17, 15) is 0 Å². The molecule has 1 heteroatoms. The summed E-state index contributed by atoms with van der Waals surface area (Å²) in [5, 5.41) is 8.38. The minimum Gasteiger partial charge on any atom is -0.193 e. The maximum Gasteiger partial charge on any atom is 0.0911 e. The Kier molecular flexibility index (Phi) is 5.45. The molecule has 0 saturated heterocycles. The first-order valence-electron chi connectivity index (χ1n) is 4.63. The molecule has 68 valence electrons. The van der Waals surface area contributed by atoms with Crippen molar-refractivity contribution in [2.24, 2.45) is 11.8 Å². The van der Waals surface area contributed by atoms with Crippen LogP contribution in [0, 0.1) is 23.2 Å². The highest BCUT2D eigenvalue weighted by atomic mass is 14.2. The van der Waals surface area contributed by atoms with E-state index in [-0.39, 0.29) is 0 Å². The third-order valence-corrected chi connectivity index (χ3v) is 2.44. The van der Waals surface area contributed by atoms with Gasteiger partial charge < -0.3 is 0 Å². The lowest BCUT2D eigenvalue weighted by molar-refractivity contribution is 0.392. The van der Waals surface area contributed by atoms with Crippen molar-refractivity contribution in [2.45, 2.75) is 40.5 Å². The summed E-state index contributed by atoms with van der Waals surface area (Å²) < 4.78 is 0. The van der Waals surface area contributed by atoms with Crippen molar-refractivity contribution in [1.29, 1.82) is 5.26 Å². The van der Waals surface area contributed by atoms with E-state index < -0.39 is 0 Å². The monoisotopic (exact) mass is 165 g/mol. The molecule has 0 aromatic rings. The molecule has 12 heavy (non-hydrogen) atoms. The molecule has 0 rings (SSSR count). The van der Waals surface area contributed by atoms with Gasteiger partial charge in [-0.05, 0) is 31.6 Å². The van der Waals surface area contributed by atoms with Gasteiger partial charge in [-0.15, -0.1) is 0 Å². The van der Waals surface area contributed by atoms with E-state index >= 15 is 0 Å². The summed E-state index contributed by atoms with van der Waals surface area (Å²) in [6.07, 6.45) is 3.90. The number of hydrogen-bond acceptors (Lipinski definition) is 1. The van der Waals surface area contributed by atoms with Crippen LogP contribution in [0.1, 0.15) is 40.5 Å². The quantitative estimate of drug-likeness (QED) is 0.585. The smallest absolute Gasteiger partial charge is 0.0911 e. The zero-order valence-corrected chi connectivity index (χ0v) is 8.59. The Morgan fingerprint density at radius 3 is 2.42 bits per heavy atom. The maximum absolute atomic E-state index is 8.38. The van der Waals surface area contributed by atoms with Crippen molar-refractivity contribution >= 4 is 0 Å². The zero-order valence-electron chi connectivity index (χ0n) is 8.59. The second kappa shape index (κ2) is 5.83. The van der Waals surface area contributed by atoms with Crippen LogP contribution in [0.25, 0.3) is 0 Å². The molecule has 0 fully saturated rings. The van der Waals surface area contributed by atoms with Crippen LogP contribution in [-0.2, 0) is 0 Å². The molecule has 0 aliphatic heterocycles. The first-order valence-corrected chi connectivity index (χ1v) is 4.63. The Hall–Kier alpha value is -0.770. The third-order valence-electron chi connectivity index (χ3n) is 2.44. The minimum absolute atomic E-state index is 0.750. The summed E-state index contributed by atoms with van der Waals surface area (Å²) >= 11 is 0. The lowest BCUT2D eigenvalue weighted by Gasteiger charge is -2.14. The normalized spacial score (nSPS) is 14.5. The van der Waals surface area contributed by atoms with E-state index in [1.54, 1.807) is 6.08 Å². The van der Waals surface area contributed by atoms with Gasteiger partial charge in [0.15, 0.2) is 0 Å². The fraction of sp³-hybridized carbons (Fsp3) is 0.727. The van der Waals surface area contributed by atoms with Crippen molar-refractivity contribution in [3.63, 3.8) is 0 Å². The van der Waals surface area contributed by atoms with Crippen LogP contribution in [0.4, 0.5) is 0 Å². The average molecular weight is 165 g/mol. The average Bonchev–Trinajstić information content (AvgIpc) is 2.00. The van der Waals surface area contributed by atoms with Gasteiger partial charge in [-0.1, -0.05) is 26.3 Å². The third kappa shape index (κ3) is 4.96. The van der Waals surface area contributed by atoms with Crippen molar-refractivity contribution in [2.75, 3.05) is 0 Å². The van der Waals surface area contributed by atoms with Gasteiger partial charge in [-0.25, -0.2) is 0 Å². The van der Waals surface area contributed by atoms with Gasteiger partial charge >= 0.3 is 0 Å². The summed E-state index contributed by atoms with van der Waals surface area (Å²) in [6, 6.07) is 2.06. The van der Waals surface area contributed by atoms with Crippen LogP contribution in [0.3, 0.4) is 0 Å². The van der Waals surface area contributed by atoms with Crippen LogP contribution in [0.5, 0.6) is 0 Å². The molecule has 0 amide bonds. The van der Waals surface area contributed by atoms with E-state index in [0.29, 0.717) is 0 Å². The van der Waals surface area contributed by atoms with Gasteiger partial charge in [0, 0.05) is 6.08 Å². The molecule has 0 aromatic heterocycles. The van der Waals surface area contributed by atoms with Gasteiger partial charge in [-0.2, -0.15) is 5.26 Å². The second-order valence-corrected chi connectivity index (χ2v) is 3.88. The second-order valence-electron chi connectivity index (χ2n) is 3.88. The molecular formula is C11H19N. The molecule has 1 unspecified atom stereocenters. The van der Waals surface area contributed by atoms with Crippen LogP contribution in [0.2, 0.25) is 0 Å². The Bertz CT molecular complexity index is 184. The van der Waals surface area contributed by atoms with E-state index in [0.717, 1.165) is 18.3 Å². The first kappa shape index (κ1) is 11.2. The highest BCUT2D eigenvalue weighted by Crippen LogP contribution is 2.18. The molecule has 0 bridgehead atoms. The molecule has 0 heterocycles. The lowest BCUT2D eigenvalue weighted by atomic mass is 9.92. The van der Waals surface area contributed by atoms with Gasteiger partial charge in [0.05, 0.1) is 6.07 Å². The SMILES string of the molecule is CC(=CC#N)CCC(C)C(C)C. The van der Waals surface area contributed by atoms with Gasteiger partial charge in [0.25, 0.3) is 0 Å². The van der Waals surface area contributed by atoms with Crippen LogP contribution >= 0.6 is 0 Å². The Labute approximate surface area is 76.1 Å². The minimum atomic E-state index is 0.750. The van der Waals surface area contributed by atoms with E-state index in [1.807, 2.05) is 6.92 Å². The lowest BCUT2D eigenvalue weighted by Crippen LogP contribution is -2.03. The van der Waals surface area contributed by atoms with Gasteiger partial charge in [0.2, 0.25) is 0 Å². The number of allylic oxidation sites excluding steroid dienone is 2. The maximum atomic E-state index is 8.38. The van der Waals surface area contributed by atoms with Crippen molar-refractivity contribution in [3.8, 4) is 6.07 Å². The summed E-state index contributed by atoms with van der Waals surface area (Å²) in [5.74, 6) is 1.51.